The molecule has 1 aliphatic rings. The van der Waals surface area contributed by atoms with Gasteiger partial charge in [0.1, 0.15) is 5.92 Å². The van der Waals surface area contributed by atoms with Crippen LogP contribution in [0.25, 0.3) is 22.3 Å². The number of hydrogen-bond acceptors (Lipinski definition) is 6. The third-order valence-corrected chi connectivity index (χ3v) is 5.16. The van der Waals surface area contributed by atoms with Gasteiger partial charge in [0.25, 0.3) is 5.92 Å². The van der Waals surface area contributed by atoms with Gasteiger partial charge in [0.15, 0.2) is 0 Å². The normalized spacial score (nSPS) is 19.3. The second kappa shape index (κ2) is 6.62. The predicted octanol–water partition coefficient (Wildman–Crippen LogP) is 1.84. The number of nitrogens with zero attached hydrogens (tertiary/aromatic N) is 5. The van der Waals surface area contributed by atoms with E-state index in [4.69, 9.17) is 10.3 Å². The zero-order valence-electron chi connectivity index (χ0n) is 15.5. The number of rotatable bonds is 3. The second-order valence-corrected chi connectivity index (χ2v) is 7.02. The minimum absolute atomic E-state index is 0.0281. The molecule has 1 saturated heterocycles. The number of halogens is 2. The van der Waals surface area contributed by atoms with Crippen molar-refractivity contribution in [3.63, 3.8) is 0 Å². The van der Waals surface area contributed by atoms with E-state index < -0.39 is 24.3 Å². The molecular weight excluding hydrogens is 370 g/mol. The van der Waals surface area contributed by atoms with Crippen molar-refractivity contribution in [3.05, 3.63) is 29.8 Å². The molecule has 10 heteroatoms. The van der Waals surface area contributed by atoms with Gasteiger partial charge in [0, 0.05) is 24.5 Å². The number of aromatic nitrogens is 4. The van der Waals surface area contributed by atoms with Gasteiger partial charge >= 0.3 is 0 Å². The molecule has 2 N–H and O–H groups in total. The first-order chi connectivity index (χ1) is 13.3. The SMILES string of the molecule is Cc1nn(C)c2cc(-c3noc(C4CCN(C(=O)CN)CC4(F)F)n3)ccc12. The van der Waals surface area contributed by atoms with E-state index >= 15 is 0 Å². The molecule has 1 amide bonds. The number of benzene rings is 1. The average molecular weight is 390 g/mol. The van der Waals surface area contributed by atoms with Crippen LogP contribution in [-0.2, 0) is 11.8 Å². The van der Waals surface area contributed by atoms with E-state index in [1.807, 2.05) is 32.2 Å². The van der Waals surface area contributed by atoms with Gasteiger partial charge in [-0.25, -0.2) is 8.78 Å². The zero-order valence-corrected chi connectivity index (χ0v) is 15.5. The molecule has 1 atom stereocenters. The quantitative estimate of drug-likeness (QED) is 0.732. The number of carbonyl (C=O) groups excluding carboxylic acids is 1. The smallest absolute Gasteiger partial charge is 0.276 e. The molecule has 4 rings (SSSR count). The minimum Gasteiger partial charge on any atom is -0.338 e. The highest BCUT2D eigenvalue weighted by molar-refractivity contribution is 5.85. The lowest BCUT2D eigenvalue weighted by molar-refractivity contribution is -0.143. The topological polar surface area (TPSA) is 103 Å². The highest BCUT2D eigenvalue weighted by Gasteiger charge is 2.49. The molecule has 8 nitrogen and oxygen atoms in total. The van der Waals surface area contributed by atoms with Crippen LogP contribution in [0.4, 0.5) is 8.78 Å². The number of carbonyl (C=O) groups is 1. The van der Waals surface area contributed by atoms with E-state index in [0.717, 1.165) is 21.5 Å². The van der Waals surface area contributed by atoms with Gasteiger partial charge in [0.05, 0.1) is 24.3 Å². The maximum Gasteiger partial charge on any atom is 0.276 e. The molecule has 0 spiro atoms. The second-order valence-electron chi connectivity index (χ2n) is 7.02. The molecule has 2 aromatic heterocycles. The number of amides is 1. The van der Waals surface area contributed by atoms with Crippen molar-refractivity contribution in [2.24, 2.45) is 12.8 Å². The summed E-state index contributed by atoms with van der Waals surface area (Å²) in [6, 6.07) is 5.56. The summed E-state index contributed by atoms with van der Waals surface area (Å²) in [5.74, 6) is -4.79. The first-order valence-corrected chi connectivity index (χ1v) is 8.93. The average Bonchev–Trinajstić information content (AvgIpc) is 3.25. The highest BCUT2D eigenvalue weighted by Crippen LogP contribution is 2.40. The van der Waals surface area contributed by atoms with Crippen LogP contribution >= 0.6 is 0 Å². The third kappa shape index (κ3) is 3.03. The Kier molecular flexibility index (Phi) is 4.37. The molecule has 148 valence electrons. The van der Waals surface area contributed by atoms with Gasteiger partial charge in [-0.1, -0.05) is 17.3 Å². The molecule has 0 radical (unpaired) electrons. The van der Waals surface area contributed by atoms with Crippen LogP contribution in [0.15, 0.2) is 22.7 Å². The van der Waals surface area contributed by atoms with Crippen LogP contribution in [0.3, 0.4) is 0 Å². The van der Waals surface area contributed by atoms with Crippen molar-refractivity contribution in [2.75, 3.05) is 19.6 Å². The molecular formula is C18H20F2N6O2. The van der Waals surface area contributed by atoms with Crippen molar-refractivity contribution in [3.8, 4) is 11.4 Å². The number of nitrogens with two attached hydrogens (primary N) is 1. The Morgan fingerprint density at radius 3 is 2.93 bits per heavy atom. The number of fused-ring (bicyclic) bond motifs is 1. The number of alkyl halides is 2. The van der Waals surface area contributed by atoms with Crippen molar-refractivity contribution in [2.45, 2.75) is 25.2 Å². The molecule has 1 aliphatic heterocycles. The third-order valence-electron chi connectivity index (χ3n) is 5.16. The Morgan fingerprint density at radius 1 is 1.43 bits per heavy atom. The van der Waals surface area contributed by atoms with Gasteiger partial charge in [-0.15, -0.1) is 0 Å². The summed E-state index contributed by atoms with van der Waals surface area (Å²) in [7, 11) is 1.83. The lowest BCUT2D eigenvalue weighted by Crippen LogP contribution is -2.51. The Labute approximate surface area is 159 Å². The van der Waals surface area contributed by atoms with E-state index in [1.54, 1.807) is 4.68 Å². The predicted molar refractivity (Wildman–Crippen MR) is 96.7 cm³/mol. The summed E-state index contributed by atoms with van der Waals surface area (Å²) in [5.41, 5.74) is 7.72. The van der Waals surface area contributed by atoms with Gasteiger partial charge in [-0.2, -0.15) is 10.1 Å². The maximum atomic E-state index is 14.6. The summed E-state index contributed by atoms with van der Waals surface area (Å²) in [6.07, 6.45) is 0.0281. The molecule has 1 unspecified atom stereocenters. The fourth-order valence-electron chi connectivity index (χ4n) is 3.66. The molecule has 28 heavy (non-hydrogen) atoms. The largest absolute Gasteiger partial charge is 0.338 e. The van der Waals surface area contributed by atoms with Crippen LogP contribution in [0.1, 0.15) is 23.9 Å². The first-order valence-electron chi connectivity index (χ1n) is 8.93. The van der Waals surface area contributed by atoms with E-state index in [1.165, 1.54) is 0 Å². The maximum absolute atomic E-state index is 14.6. The van der Waals surface area contributed by atoms with Crippen LogP contribution in [0.5, 0.6) is 0 Å². The summed E-state index contributed by atoms with van der Waals surface area (Å²) in [6.45, 7) is 1.10. The van der Waals surface area contributed by atoms with E-state index in [2.05, 4.69) is 15.2 Å². The summed E-state index contributed by atoms with van der Waals surface area (Å²) >= 11 is 0. The van der Waals surface area contributed by atoms with Gasteiger partial charge in [-0.05, 0) is 19.4 Å². The van der Waals surface area contributed by atoms with Crippen molar-refractivity contribution in [1.29, 1.82) is 0 Å². The Morgan fingerprint density at radius 2 is 2.21 bits per heavy atom. The van der Waals surface area contributed by atoms with E-state index in [-0.39, 0.29) is 31.2 Å². The van der Waals surface area contributed by atoms with Gasteiger partial charge in [-0.3, -0.25) is 9.48 Å². The van der Waals surface area contributed by atoms with E-state index in [9.17, 15) is 13.6 Å². The van der Waals surface area contributed by atoms with Gasteiger partial charge in [0.2, 0.25) is 17.6 Å². The van der Waals surface area contributed by atoms with Gasteiger partial charge < -0.3 is 15.2 Å². The molecule has 3 heterocycles. The van der Waals surface area contributed by atoms with Crippen LogP contribution in [0, 0.1) is 6.92 Å². The monoisotopic (exact) mass is 390 g/mol. The minimum atomic E-state index is -3.17. The lowest BCUT2D eigenvalue weighted by atomic mass is 9.92. The van der Waals surface area contributed by atoms with Crippen molar-refractivity contribution >= 4 is 16.8 Å². The number of hydrogen-bond donors (Lipinski definition) is 1. The fraction of sp³-hybridized carbons (Fsp3) is 0.444. The van der Waals surface area contributed by atoms with Crippen molar-refractivity contribution < 1.29 is 18.1 Å². The molecule has 0 bridgehead atoms. The highest BCUT2D eigenvalue weighted by atomic mass is 19.3. The number of aryl methyl sites for hydroxylation is 2. The summed E-state index contributed by atoms with van der Waals surface area (Å²) in [5, 5.41) is 9.25. The summed E-state index contributed by atoms with van der Waals surface area (Å²) < 4.78 is 36.1. The Hall–Kier alpha value is -2.88. The molecule has 0 aliphatic carbocycles. The molecule has 3 aromatic rings. The number of piperidine rings is 1. The van der Waals surface area contributed by atoms with Crippen LogP contribution in [-0.4, -0.2) is 56.3 Å². The van der Waals surface area contributed by atoms with Crippen LogP contribution < -0.4 is 5.73 Å². The first kappa shape index (κ1) is 18.5. The van der Waals surface area contributed by atoms with E-state index in [0.29, 0.717) is 5.56 Å². The number of likely N-dealkylation sites (tertiary alicyclic amines) is 1. The zero-order chi connectivity index (χ0) is 20.1. The van der Waals surface area contributed by atoms with Crippen molar-refractivity contribution in [1.82, 2.24) is 24.8 Å². The Bertz CT molecular complexity index is 1040. The van der Waals surface area contributed by atoms with Crippen LogP contribution in [0.2, 0.25) is 0 Å². The molecule has 1 aromatic carbocycles. The molecule has 1 fully saturated rings. The fourth-order valence-corrected chi connectivity index (χ4v) is 3.66. The standard InChI is InChI=1S/C18H20F2N6O2/c1-10-12-4-3-11(7-14(12)25(2)23-10)16-22-17(28-24-16)13-5-6-26(15(27)8-21)9-18(13,19)20/h3-4,7,13H,5-6,8-9,21H2,1-2H3. The Balaban J connectivity index is 1.61. The lowest BCUT2D eigenvalue weighted by Gasteiger charge is -2.36. The molecule has 0 saturated carbocycles. The summed E-state index contributed by atoms with van der Waals surface area (Å²) in [4.78, 5) is 16.9.